The summed E-state index contributed by atoms with van der Waals surface area (Å²) in [7, 11) is 0. The Morgan fingerprint density at radius 2 is 2.15 bits per heavy atom. The Bertz CT molecular complexity index is 800. The van der Waals surface area contributed by atoms with E-state index < -0.39 is 11.8 Å². The first-order valence-electron chi connectivity index (χ1n) is 5.68. The Balaban J connectivity index is 2.01. The number of nitrogens with zero attached hydrogens (tertiary/aromatic N) is 1. The van der Waals surface area contributed by atoms with Crippen LogP contribution in [-0.2, 0) is 0 Å². The van der Waals surface area contributed by atoms with Gasteiger partial charge in [0.15, 0.2) is 0 Å². The molecule has 0 atom stereocenters. The number of fused-ring (bicyclic) bond motifs is 1. The standard InChI is InChI=1S/C14H8FNO3S/c15-11-2-1-8(7-10(11)14(17)18)20-13-9-4-6-19-12(9)3-5-16-13/h1-7H,(H,17,18). The molecule has 0 amide bonds. The predicted octanol–water partition coefficient (Wildman–Crippen LogP) is 3.82. The second-order valence-electron chi connectivity index (χ2n) is 4.00. The molecule has 0 fully saturated rings. The SMILES string of the molecule is O=C(O)c1cc(Sc2nccc3occc23)ccc1F. The second kappa shape index (κ2) is 4.97. The van der Waals surface area contributed by atoms with Crippen molar-refractivity contribution in [3.05, 3.63) is 54.2 Å². The zero-order valence-corrected chi connectivity index (χ0v) is 10.9. The molecule has 0 bridgehead atoms. The zero-order chi connectivity index (χ0) is 14.1. The fraction of sp³-hybridized carbons (Fsp3) is 0. The van der Waals surface area contributed by atoms with Crippen LogP contribution in [0, 0.1) is 5.82 Å². The minimum absolute atomic E-state index is 0.352. The third kappa shape index (κ3) is 2.25. The quantitative estimate of drug-likeness (QED) is 0.794. The molecule has 0 unspecified atom stereocenters. The number of aromatic nitrogens is 1. The van der Waals surface area contributed by atoms with E-state index in [1.54, 1.807) is 24.6 Å². The fourth-order valence-electron chi connectivity index (χ4n) is 1.79. The molecule has 4 nitrogen and oxygen atoms in total. The van der Waals surface area contributed by atoms with E-state index in [-0.39, 0.29) is 5.56 Å². The molecule has 0 spiro atoms. The molecule has 1 aromatic carbocycles. The van der Waals surface area contributed by atoms with Crippen molar-refractivity contribution in [2.75, 3.05) is 0 Å². The summed E-state index contributed by atoms with van der Waals surface area (Å²) in [5.41, 5.74) is 0.345. The Labute approximate surface area is 117 Å². The summed E-state index contributed by atoms with van der Waals surface area (Å²) in [6.45, 7) is 0. The number of hydrogen-bond acceptors (Lipinski definition) is 4. The lowest BCUT2D eigenvalue weighted by Gasteiger charge is -2.04. The molecule has 0 aliphatic rings. The number of carboxylic acid groups (broad SMARTS) is 1. The van der Waals surface area contributed by atoms with E-state index in [9.17, 15) is 9.18 Å². The van der Waals surface area contributed by atoms with E-state index in [2.05, 4.69) is 4.98 Å². The van der Waals surface area contributed by atoms with Crippen molar-refractivity contribution in [1.82, 2.24) is 4.98 Å². The summed E-state index contributed by atoms with van der Waals surface area (Å²) >= 11 is 1.26. The van der Waals surface area contributed by atoms with Crippen LogP contribution in [0.3, 0.4) is 0 Å². The van der Waals surface area contributed by atoms with Crippen LogP contribution in [0.5, 0.6) is 0 Å². The summed E-state index contributed by atoms with van der Waals surface area (Å²) in [6.07, 6.45) is 3.17. The van der Waals surface area contributed by atoms with Crippen molar-refractivity contribution < 1.29 is 18.7 Å². The van der Waals surface area contributed by atoms with Crippen molar-refractivity contribution in [2.24, 2.45) is 0 Å². The number of carboxylic acids is 1. The lowest BCUT2D eigenvalue weighted by atomic mass is 10.2. The molecule has 6 heteroatoms. The van der Waals surface area contributed by atoms with Gasteiger partial charge in [-0.3, -0.25) is 0 Å². The van der Waals surface area contributed by atoms with E-state index in [1.165, 1.54) is 23.9 Å². The maximum Gasteiger partial charge on any atom is 0.338 e. The lowest BCUT2D eigenvalue weighted by molar-refractivity contribution is 0.0691. The van der Waals surface area contributed by atoms with E-state index in [0.29, 0.717) is 15.5 Å². The van der Waals surface area contributed by atoms with Crippen molar-refractivity contribution in [3.63, 3.8) is 0 Å². The molecule has 20 heavy (non-hydrogen) atoms. The third-order valence-electron chi connectivity index (χ3n) is 2.73. The molecule has 0 radical (unpaired) electrons. The molecular formula is C14H8FNO3S. The van der Waals surface area contributed by atoms with Crippen LogP contribution in [0.2, 0.25) is 0 Å². The van der Waals surface area contributed by atoms with Gasteiger partial charge in [-0.2, -0.15) is 0 Å². The first kappa shape index (κ1) is 12.7. The van der Waals surface area contributed by atoms with Crippen molar-refractivity contribution in [3.8, 4) is 0 Å². The van der Waals surface area contributed by atoms with Crippen LogP contribution in [-0.4, -0.2) is 16.1 Å². The average molecular weight is 289 g/mol. The molecule has 0 aliphatic heterocycles. The number of aromatic carboxylic acids is 1. The Hall–Kier alpha value is -2.34. The van der Waals surface area contributed by atoms with Crippen molar-refractivity contribution >= 4 is 28.7 Å². The van der Waals surface area contributed by atoms with Crippen LogP contribution < -0.4 is 0 Å². The van der Waals surface area contributed by atoms with Crippen LogP contribution in [0.1, 0.15) is 10.4 Å². The molecule has 3 aromatic rings. The molecule has 100 valence electrons. The first-order valence-corrected chi connectivity index (χ1v) is 6.50. The van der Waals surface area contributed by atoms with Gasteiger partial charge in [0.2, 0.25) is 0 Å². The van der Waals surface area contributed by atoms with Gasteiger partial charge < -0.3 is 9.52 Å². The summed E-state index contributed by atoms with van der Waals surface area (Å²) in [6, 6.07) is 7.48. The van der Waals surface area contributed by atoms with Gasteiger partial charge in [0.25, 0.3) is 0 Å². The minimum atomic E-state index is -1.29. The van der Waals surface area contributed by atoms with Gasteiger partial charge in [-0.15, -0.1) is 0 Å². The molecular weight excluding hydrogens is 281 g/mol. The molecule has 0 saturated heterocycles. The monoisotopic (exact) mass is 289 g/mol. The van der Waals surface area contributed by atoms with Gasteiger partial charge in [-0.1, -0.05) is 11.8 Å². The van der Waals surface area contributed by atoms with Crippen molar-refractivity contribution in [1.29, 1.82) is 0 Å². The van der Waals surface area contributed by atoms with Crippen LogP contribution in [0.4, 0.5) is 4.39 Å². The van der Waals surface area contributed by atoms with Gasteiger partial charge in [0, 0.05) is 11.1 Å². The smallest absolute Gasteiger partial charge is 0.338 e. The lowest BCUT2D eigenvalue weighted by Crippen LogP contribution is -2.00. The van der Waals surface area contributed by atoms with Crippen LogP contribution in [0.25, 0.3) is 11.0 Å². The number of pyridine rings is 1. The van der Waals surface area contributed by atoms with E-state index >= 15 is 0 Å². The summed E-state index contributed by atoms with van der Waals surface area (Å²) in [4.78, 5) is 15.8. The molecule has 0 saturated carbocycles. The minimum Gasteiger partial charge on any atom is -0.478 e. The molecule has 2 heterocycles. The number of hydrogen-bond donors (Lipinski definition) is 1. The van der Waals surface area contributed by atoms with Crippen molar-refractivity contribution in [2.45, 2.75) is 9.92 Å². The highest BCUT2D eigenvalue weighted by molar-refractivity contribution is 7.99. The first-order chi connectivity index (χ1) is 9.65. The highest BCUT2D eigenvalue weighted by Gasteiger charge is 2.13. The van der Waals surface area contributed by atoms with Gasteiger partial charge in [0.05, 0.1) is 17.2 Å². The molecule has 2 aromatic heterocycles. The van der Waals surface area contributed by atoms with Gasteiger partial charge in [0.1, 0.15) is 16.4 Å². The molecule has 3 rings (SSSR count). The number of rotatable bonds is 3. The second-order valence-corrected chi connectivity index (χ2v) is 5.06. The maximum atomic E-state index is 13.3. The zero-order valence-electron chi connectivity index (χ0n) is 10.0. The highest BCUT2D eigenvalue weighted by atomic mass is 32.2. The number of benzene rings is 1. The highest BCUT2D eigenvalue weighted by Crippen LogP contribution is 2.32. The largest absolute Gasteiger partial charge is 0.478 e. The van der Waals surface area contributed by atoms with Crippen LogP contribution >= 0.6 is 11.8 Å². The summed E-state index contributed by atoms with van der Waals surface area (Å²) in [5.74, 6) is -2.05. The Kier molecular flexibility index (Phi) is 3.15. The molecule has 1 N–H and O–H groups in total. The number of furan rings is 1. The normalized spacial score (nSPS) is 10.8. The van der Waals surface area contributed by atoms with Crippen LogP contribution in [0.15, 0.2) is 57.1 Å². The van der Waals surface area contributed by atoms with E-state index in [1.807, 2.05) is 0 Å². The third-order valence-corrected chi connectivity index (χ3v) is 3.73. The summed E-state index contributed by atoms with van der Waals surface area (Å²) < 4.78 is 18.6. The van der Waals surface area contributed by atoms with Gasteiger partial charge in [-0.05, 0) is 30.3 Å². The fourth-order valence-corrected chi connectivity index (χ4v) is 2.72. The van der Waals surface area contributed by atoms with E-state index in [4.69, 9.17) is 9.52 Å². The maximum absolute atomic E-state index is 13.3. The summed E-state index contributed by atoms with van der Waals surface area (Å²) in [5, 5.41) is 10.4. The number of carbonyl (C=O) groups is 1. The predicted molar refractivity (Wildman–Crippen MR) is 71.5 cm³/mol. The average Bonchev–Trinajstić information content (AvgIpc) is 2.90. The topological polar surface area (TPSA) is 63.3 Å². The Morgan fingerprint density at radius 3 is 2.95 bits per heavy atom. The number of halogens is 1. The Morgan fingerprint density at radius 1 is 1.30 bits per heavy atom. The van der Waals surface area contributed by atoms with E-state index in [0.717, 1.165) is 11.5 Å². The van der Waals surface area contributed by atoms with Gasteiger partial charge in [-0.25, -0.2) is 14.2 Å². The van der Waals surface area contributed by atoms with Gasteiger partial charge >= 0.3 is 5.97 Å². The molecule has 0 aliphatic carbocycles.